The Kier molecular flexibility index (Phi) is 6.17. The lowest BCUT2D eigenvalue weighted by molar-refractivity contribution is -1.24. The highest BCUT2D eigenvalue weighted by Crippen LogP contribution is 2.30. The van der Waals surface area contributed by atoms with Gasteiger partial charge < -0.3 is 40.7 Å². The van der Waals surface area contributed by atoms with Gasteiger partial charge in [-0.15, -0.1) is 20.9 Å². The lowest BCUT2D eigenvalue weighted by Crippen LogP contribution is -3.15. The van der Waals surface area contributed by atoms with Crippen LogP contribution in [0.1, 0.15) is 0 Å². The molecule has 6 rings (SSSR count). The van der Waals surface area contributed by atoms with Crippen LogP contribution in [0.25, 0.3) is 0 Å². The highest BCUT2D eigenvalue weighted by Gasteiger charge is 2.52. The Morgan fingerprint density at radius 1 is 0.639 bits per heavy atom. The van der Waals surface area contributed by atoms with Crippen LogP contribution in [0.2, 0.25) is 0 Å². The van der Waals surface area contributed by atoms with E-state index in [1.807, 2.05) is 0 Å². The number of hydrogen-bond acceptors (Lipinski definition) is 12. The average Bonchev–Trinajstić information content (AvgIpc) is 3.59. The SMILES string of the molecule is [O-][NH+](OC1COC2C(O[NH+]([O-])c3ccc4c(c3)[NH+]([O-])O[NH+]4[O-])COC12)c1ccc2c(c1)[NH+]([O-])O[NH+]2[O-]. The second-order valence-electron chi connectivity index (χ2n) is 8.36. The zero-order valence-electron chi connectivity index (χ0n) is 18.1. The van der Waals surface area contributed by atoms with E-state index in [4.69, 9.17) is 19.1 Å². The van der Waals surface area contributed by atoms with Gasteiger partial charge in [-0.05, 0) is 0 Å². The molecule has 2 aromatic rings. The Morgan fingerprint density at radius 3 is 1.44 bits per heavy atom. The summed E-state index contributed by atoms with van der Waals surface area (Å²) in [6.45, 7) is -0.0409. The number of fused-ring (bicyclic) bond motifs is 3. The van der Waals surface area contributed by atoms with Crippen molar-refractivity contribution < 1.29 is 60.4 Å². The molecule has 2 saturated heterocycles. The van der Waals surface area contributed by atoms with Crippen LogP contribution >= 0.6 is 0 Å². The van der Waals surface area contributed by atoms with Gasteiger partial charge in [0.25, 0.3) is 0 Å². The molecule has 4 heterocycles. The van der Waals surface area contributed by atoms with Crippen molar-refractivity contribution in [2.24, 2.45) is 0 Å². The molecular formula is C18H20N6O12. The first-order chi connectivity index (χ1) is 17.3. The van der Waals surface area contributed by atoms with E-state index in [1.54, 1.807) is 0 Å². The third-order valence-electron chi connectivity index (χ3n) is 6.24. The Balaban J connectivity index is 1.08. The molecule has 4 aliphatic rings. The van der Waals surface area contributed by atoms with Crippen molar-refractivity contribution >= 4 is 34.1 Å². The van der Waals surface area contributed by atoms with Crippen LogP contribution in [0.15, 0.2) is 36.4 Å². The molecule has 18 nitrogen and oxygen atoms in total. The van der Waals surface area contributed by atoms with Gasteiger partial charge in [-0.2, -0.15) is 20.1 Å². The highest BCUT2D eigenvalue weighted by molar-refractivity contribution is 5.58. The fourth-order valence-electron chi connectivity index (χ4n) is 4.47. The quantitative estimate of drug-likeness (QED) is 0.157. The van der Waals surface area contributed by atoms with E-state index in [1.165, 1.54) is 36.4 Å². The first-order valence-electron chi connectivity index (χ1n) is 10.8. The molecule has 10 atom stereocenters. The van der Waals surface area contributed by atoms with Crippen LogP contribution in [0.4, 0.5) is 34.1 Å². The van der Waals surface area contributed by atoms with Crippen molar-refractivity contribution in [2.45, 2.75) is 24.4 Å². The third-order valence-corrected chi connectivity index (χ3v) is 6.24. The predicted molar refractivity (Wildman–Crippen MR) is 108 cm³/mol. The molecule has 0 radical (unpaired) electrons. The molecule has 4 aliphatic heterocycles. The monoisotopic (exact) mass is 512 g/mol. The topological polar surface area (TPSA) is 220 Å². The van der Waals surface area contributed by atoms with E-state index in [0.717, 1.165) is 0 Å². The minimum Gasteiger partial charge on any atom is -0.595 e. The van der Waals surface area contributed by atoms with Crippen LogP contribution < -0.4 is 31.4 Å². The maximum Gasteiger partial charge on any atom is 0.239 e. The maximum atomic E-state index is 12.6. The van der Waals surface area contributed by atoms with Gasteiger partial charge in [0.2, 0.25) is 22.7 Å². The summed E-state index contributed by atoms with van der Waals surface area (Å²) < 4.78 is 11.3. The van der Waals surface area contributed by atoms with Crippen molar-refractivity contribution in [1.29, 1.82) is 0 Å². The summed E-state index contributed by atoms with van der Waals surface area (Å²) in [5.41, 5.74) is 0.163. The average molecular weight is 512 g/mol. The molecule has 0 aliphatic carbocycles. The molecule has 0 saturated carbocycles. The molecule has 10 unspecified atom stereocenters. The summed E-state index contributed by atoms with van der Waals surface area (Å²) in [5.74, 6) is 0. The molecule has 194 valence electrons. The Hall–Kier alpha value is -2.28. The second-order valence-corrected chi connectivity index (χ2v) is 8.36. The van der Waals surface area contributed by atoms with Gasteiger partial charge in [0.05, 0.1) is 25.3 Å². The first kappa shape index (κ1) is 24.1. The van der Waals surface area contributed by atoms with Gasteiger partial charge in [-0.1, -0.05) is 0 Å². The van der Waals surface area contributed by atoms with Gasteiger partial charge in [0, 0.05) is 34.1 Å². The number of hydrogen-bond donors (Lipinski definition) is 6. The molecule has 2 fully saturated rings. The number of ether oxygens (including phenoxy) is 2. The largest absolute Gasteiger partial charge is 0.595 e. The molecule has 0 aromatic heterocycles. The molecule has 6 N–H and O–H groups in total. The Labute approximate surface area is 200 Å². The third kappa shape index (κ3) is 4.07. The van der Waals surface area contributed by atoms with Gasteiger partial charge in [-0.25, -0.2) is 0 Å². The van der Waals surface area contributed by atoms with Gasteiger partial charge >= 0.3 is 0 Å². The van der Waals surface area contributed by atoms with Crippen LogP contribution in [0, 0.1) is 31.2 Å². The van der Waals surface area contributed by atoms with Crippen LogP contribution in [-0.4, -0.2) is 37.6 Å². The molecule has 18 heteroatoms. The van der Waals surface area contributed by atoms with Crippen LogP contribution in [0.5, 0.6) is 0 Å². The van der Waals surface area contributed by atoms with E-state index in [9.17, 15) is 31.2 Å². The van der Waals surface area contributed by atoms with Gasteiger partial charge in [0.1, 0.15) is 12.2 Å². The van der Waals surface area contributed by atoms with Gasteiger partial charge in [0.15, 0.2) is 23.6 Å². The summed E-state index contributed by atoms with van der Waals surface area (Å²) in [6, 6.07) is 7.74. The van der Waals surface area contributed by atoms with Crippen molar-refractivity contribution in [3.63, 3.8) is 0 Å². The van der Waals surface area contributed by atoms with E-state index < -0.39 is 55.8 Å². The number of quaternary nitrogens is 6. The summed E-state index contributed by atoms with van der Waals surface area (Å²) in [5, 5.41) is 67.2. The number of rotatable bonds is 6. The van der Waals surface area contributed by atoms with E-state index >= 15 is 0 Å². The van der Waals surface area contributed by atoms with Crippen molar-refractivity contribution in [1.82, 2.24) is 0 Å². The molecule has 0 spiro atoms. The predicted octanol–water partition coefficient (Wildman–Crippen LogP) is -6.41. The van der Waals surface area contributed by atoms with E-state index in [-0.39, 0.29) is 47.3 Å². The zero-order chi connectivity index (χ0) is 25.1. The summed E-state index contributed by atoms with van der Waals surface area (Å²) in [7, 11) is 0. The fraction of sp³-hybridized carbons (Fsp3) is 0.333. The lowest BCUT2D eigenvalue weighted by Gasteiger charge is -2.25. The lowest BCUT2D eigenvalue weighted by atomic mass is 10.1. The molecule has 0 amide bonds. The highest BCUT2D eigenvalue weighted by atomic mass is 17.1. The van der Waals surface area contributed by atoms with Crippen molar-refractivity contribution in [2.75, 3.05) is 13.2 Å². The second kappa shape index (κ2) is 9.23. The summed E-state index contributed by atoms with van der Waals surface area (Å²) in [6.07, 6.45) is -3.04. The van der Waals surface area contributed by atoms with Crippen LogP contribution in [-0.2, 0) is 29.0 Å². The van der Waals surface area contributed by atoms with Crippen LogP contribution in [0.3, 0.4) is 0 Å². The molecule has 2 aromatic carbocycles. The van der Waals surface area contributed by atoms with E-state index in [0.29, 0.717) is 0 Å². The first-order valence-corrected chi connectivity index (χ1v) is 10.8. The zero-order valence-corrected chi connectivity index (χ0v) is 18.1. The number of benzene rings is 2. The van der Waals surface area contributed by atoms with Gasteiger partial charge in [-0.3, -0.25) is 0 Å². The fourth-order valence-corrected chi connectivity index (χ4v) is 4.47. The summed E-state index contributed by atoms with van der Waals surface area (Å²) in [4.78, 5) is 20.0. The summed E-state index contributed by atoms with van der Waals surface area (Å²) >= 11 is 0. The van der Waals surface area contributed by atoms with Crippen molar-refractivity contribution in [3.05, 3.63) is 67.6 Å². The normalized spacial score (nSPS) is 36.5. The Morgan fingerprint density at radius 2 is 1.03 bits per heavy atom. The minimum absolute atomic E-state index is 0.0204. The maximum absolute atomic E-state index is 12.6. The standard InChI is InChI=1S/C18H20N6O12/c25-19(9-1-3-11-13(5-9)23(29)35-21(11)27)33-15-7-31-18-16(8-32-17(15)18)34-20(26)10-2-4-12-14(6-10)24(30)36-22(12)28/h1-6,15-24H,7-8H2. The smallest absolute Gasteiger partial charge is 0.239 e. The van der Waals surface area contributed by atoms with Crippen molar-refractivity contribution in [3.8, 4) is 0 Å². The molecular weight excluding hydrogens is 492 g/mol. The van der Waals surface area contributed by atoms with E-state index in [2.05, 4.69) is 9.88 Å². The molecule has 0 bridgehead atoms. The Bertz CT molecular complexity index is 1060. The molecule has 36 heavy (non-hydrogen) atoms. The minimum atomic E-state index is -0.843. The number of nitrogens with one attached hydrogen (secondary N) is 6.